The topological polar surface area (TPSA) is 9.86 Å². The van der Waals surface area contributed by atoms with Crippen LogP contribution in [-0.4, -0.2) is 9.13 Å². The van der Waals surface area contributed by atoms with Crippen molar-refractivity contribution in [3.05, 3.63) is 186 Å². The lowest BCUT2D eigenvalue weighted by atomic mass is 9.94. The van der Waals surface area contributed by atoms with E-state index in [0.717, 1.165) is 6.42 Å². The zero-order chi connectivity index (χ0) is 35.3. The normalized spacial score (nSPS) is 14.3. The Balaban J connectivity index is 1.03. The minimum absolute atomic E-state index is 0.266. The molecule has 1 aliphatic rings. The Hall–Kier alpha value is -6.90. The van der Waals surface area contributed by atoms with Crippen LogP contribution >= 0.6 is 0 Å². The van der Waals surface area contributed by atoms with E-state index in [0.29, 0.717) is 0 Å². The van der Waals surface area contributed by atoms with Crippen molar-refractivity contribution in [2.75, 3.05) is 0 Å². The molecule has 1 atom stereocenters. The van der Waals surface area contributed by atoms with Gasteiger partial charge in [0.15, 0.2) is 0 Å². The van der Waals surface area contributed by atoms with Crippen LogP contribution in [-0.2, 0) is 0 Å². The van der Waals surface area contributed by atoms with Gasteiger partial charge >= 0.3 is 0 Å². The summed E-state index contributed by atoms with van der Waals surface area (Å²) in [4.78, 5) is 0. The van der Waals surface area contributed by atoms with E-state index in [1.54, 1.807) is 0 Å². The van der Waals surface area contributed by atoms with E-state index in [9.17, 15) is 0 Å². The molecule has 0 saturated carbocycles. The molecule has 2 heterocycles. The first-order valence-corrected chi connectivity index (χ1v) is 19.0. The molecule has 9 aromatic carbocycles. The van der Waals surface area contributed by atoms with Gasteiger partial charge in [0.05, 0.1) is 17.1 Å². The van der Waals surface area contributed by atoms with E-state index in [-0.39, 0.29) is 6.04 Å². The predicted molar refractivity (Wildman–Crippen MR) is 230 cm³/mol. The fraction of sp³-hybridized carbons (Fsp3) is 0.0385. The van der Waals surface area contributed by atoms with Crippen LogP contribution in [0.3, 0.4) is 0 Å². The quantitative estimate of drug-likeness (QED) is 0.164. The number of nitrogens with zero attached hydrogens (tertiary/aromatic N) is 2. The summed E-state index contributed by atoms with van der Waals surface area (Å²) in [5.74, 6) is 0. The molecule has 0 radical (unpaired) electrons. The second-order valence-corrected chi connectivity index (χ2v) is 14.8. The summed E-state index contributed by atoms with van der Waals surface area (Å²) in [6.45, 7) is 0. The molecule has 2 heteroatoms. The van der Waals surface area contributed by atoms with Gasteiger partial charge < -0.3 is 9.13 Å². The van der Waals surface area contributed by atoms with Gasteiger partial charge in [-0.05, 0) is 109 Å². The van der Waals surface area contributed by atoms with Crippen molar-refractivity contribution in [3.8, 4) is 16.8 Å². The van der Waals surface area contributed by atoms with Gasteiger partial charge in [0, 0.05) is 38.3 Å². The molecule has 1 aliphatic carbocycles. The fourth-order valence-electron chi connectivity index (χ4n) is 9.56. The highest BCUT2D eigenvalue weighted by Gasteiger charge is 2.19. The minimum Gasteiger partial charge on any atom is -0.333 e. The first-order chi connectivity index (χ1) is 26.8. The Morgan fingerprint density at radius 1 is 0.352 bits per heavy atom. The van der Waals surface area contributed by atoms with Crippen LogP contribution < -0.4 is 10.4 Å². The zero-order valence-corrected chi connectivity index (χ0v) is 29.6. The summed E-state index contributed by atoms with van der Waals surface area (Å²) in [5, 5.41) is 15.5. The van der Waals surface area contributed by atoms with E-state index in [1.165, 1.54) is 103 Å². The summed E-state index contributed by atoms with van der Waals surface area (Å²) in [6.07, 6.45) is 5.82. The maximum Gasteiger partial charge on any atom is 0.0566 e. The molecule has 11 aromatic rings. The van der Waals surface area contributed by atoms with Crippen molar-refractivity contribution < 1.29 is 0 Å². The standard InChI is InChI=1S/C52H34N2/c1-2-12-34-29-37(24-21-33(34)11-1)53-49-19-9-7-17-44(49)47-30-35(22-27-51(47)53)36-23-28-52-48(31-36)45-18-8-10-20-50(45)54(52)38-25-26-43-41-15-4-3-13-39(41)40-14-5-6-16-42(40)46(43)32-38/h1-23,25-32,37H,24H2. The molecular formula is C52H34N2. The molecule has 1 unspecified atom stereocenters. The van der Waals surface area contributed by atoms with Crippen molar-refractivity contribution in [1.82, 2.24) is 9.13 Å². The highest BCUT2D eigenvalue weighted by molar-refractivity contribution is 6.25. The smallest absolute Gasteiger partial charge is 0.0566 e. The van der Waals surface area contributed by atoms with Gasteiger partial charge in [-0.2, -0.15) is 0 Å². The molecule has 2 aromatic heterocycles. The Bertz CT molecular complexity index is 3450. The second-order valence-electron chi connectivity index (χ2n) is 14.8. The molecule has 12 rings (SSSR count). The Morgan fingerprint density at radius 3 is 1.54 bits per heavy atom. The zero-order valence-electron chi connectivity index (χ0n) is 29.6. The van der Waals surface area contributed by atoms with Crippen LogP contribution in [0.2, 0.25) is 0 Å². The molecule has 0 amide bonds. The van der Waals surface area contributed by atoms with Gasteiger partial charge in [0.2, 0.25) is 0 Å². The first-order valence-electron chi connectivity index (χ1n) is 19.0. The van der Waals surface area contributed by atoms with Gasteiger partial charge in [-0.15, -0.1) is 0 Å². The van der Waals surface area contributed by atoms with Crippen LogP contribution in [0.1, 0.15) is 12.5 Å². The highest BCUT2D eigenvalue weighted by atomic mass is 15.0. The number of hydrogen-bond donors (Lipinski definition) is 0. The lowest BCUT2D eigenvalue weighted by Gasteiger charge is -2.19. The second kappa shape index (κ2) is 11.3. The average Bonchev–Trinajstić information content (AvgIpc) is 3.75. The molecule has 0 fully saturated rings. The summed E-state index contributed by atoms with van der Waals surface area (Å²) < 4.78 is 5.00. The largest absolute Gasteiger partial charge is 0.333 e. The van der Waals surface area contributed by atoms with Crippen LogP contribution in [0.15, 0.2) is 176 Å². The number of aromatic nitrogens is 2. The van der Waals surface area contributed by atoms with Gasteiger partial charge in [-0.3, -0.25) is 0 Å². The van der Waals surface area contributed by atoms with Crippen LogP contribution in [0, 0.1) is 0 Å². The van der Waals surface area contributed by atoms with Crippen molar-refractivity contribution in [1.29, 1.82) is 0 Å². The number of rotatable bonds is 3. The van der Waals surface area contributed by atoms with Crippen molar-refractivity contribution in [2.45, 2.75) is 12.5 Å². The average molecular weight is 687 g/mol. The number of para-hydroxylation sites is 2. The van der Waals surface area contributed by atoms with Crippen LogP contribution in [0.5, 0.6) is 0 Å². The van der Waals surface area contributed by atoms with Crippen molar-refractivity contribution in [3.63, 3.8) is 0 Å². The number of hydrogen-bond acceptors (Lipinski definition) is 0. The van der Waals surface area contributed by atoms with Gasteiger partial charge in [0.1, 0.15) is 0 Å². The Morgan fingerprint density at radius 2 is 0.833 bits per heavy atom. The Labute approximate surface area is 311 Å². The van der Waals surface area contributed by atoms with Crippen molar-refractivity contribution >= 4 is 88.1 Å². The summed E-state index contributed by atoms with van der Waals surface area (Å²) >= 11 is 0. The summed E-state index contributed by atoms with van der Waals surface area (Å²) in [5.41, 5.74) is 8.64. The third kappa shape index (κ3) is 4.22. The highest BCUT2D eigenvalue weighted by Crippen LogP contribution is 2.41. The molecular weight excluding hydrogens is 653 g/mol. The van der Waals surface area contributed by atoms with E-state index >= 15 is 0 Å². The van der Waals surface area contributed by atoms with E-state index in [2.05, 4.69) is 197 Å². The van der Waals surface area contributed by atoms with Gasteiger partial charge in [-0.1, -0.05) is 140 Å². The molecule has 0 bridgehead atoms. The molecule has 0 N–H and O–H groups in total. The van der Waals surface area contributed by atoms with E-state index in [4.69, 9.17) is 0 Å². The summed E-state index contributed by atoms with van der Waals surface area (Å²) in [6, 6.07) is 65.5. The predicted octanol–water partition coefficient (Wildman–Crippen LogP) is 12.2. The van der Waals surface area contributed by atoms with E-state index < -0.39 is 0 Å². The van der Waals surface area contributed by atoms with Gasteiger partial charge in [-0.25, -0.2) is 0 Å². The third-order valence-electron chi connectivity index (χ3n) is 12.0. The lowest BCUT2D eigenvalue weighted by molar-refractivity contribution is 0.694. The molecule has 0 aliphatic heterocycles. The van der Waals surface area contributed by atoms with E-state index in [1.807, 2.05) is 0 Å². The molecule has 0 spiro atoms. The lowest BCUT2D eigenvalue weighted by Crippen LogP contribution is -2.29. The third-order valence-corrected chi connectivity index (χ3v) is 12.0. The first kappa shape index (κ1) is 29.7. The molecule has 0 saturated heterocycles. The molecule has 54 heavy (non-hydrogen) atoms. The molecule has 252 valence electrons. The Kier molecular flexibility index (Phi) is 6.20. The van der Waals surface area contributed by atoms with Crippen molar-refractivity contribution in [2.24, 2.45) is 0 Å². The van der Waals surface area contributed by atoms with Crippen LogP contribution in [0.25, 0.3) is 105 Å². The summed E-state index contributed by atoms with van der Waals surface area (Å²) in [7, 11) is 0. The monoisotopic (exact) mass is 686 g/mol. The maximum atomic E-state index is 2.55. The SMILES string of the molecule is C1=c2ccccc2=CC(n2c3ccccc3c3cc(-c4ccc5c(c4)c4ccccc4n5-c4ccc5c6ccccc6c6ccccc6c5c4)ccc32)C1. The number of fused-ring (bicyclic) bond motifs is 13. The number of benzene rings is 9. The van der Waals surface area contributed by atoms with Gasteiger partial charge in [0.25, 0.3) is 0 Å². The fourth-order valence-corrected chi connectivity index (χ4v) is 9.56. The van der Waals surface area contributed by atoms with Crippen LogP contribution in [0.4, 0.5) is 0 Å². The molecule has 2 nitrogen and oxygen atoms in total. The maximum absolute atomic E-state index is 2.55. The minimum atomic E-state index is 0.266.